The maximum Gasteiger partial charge on any atom is 0.261 e. The SMILES string of the molecule is Nc1ccc(S(=O)(=O)Nc2ccc(N3CCOCC3)nc2)cc1. The number of anilines is 3. The molecule has 1 aliphatic heterocycles. The number of morpholine rings is 1. The number of hydrogen-bond donors (Lipinski definition) is 2. The molecule has 0 amide bonds. The number of nitrogen functional groups attached to an aromatic ring is 1. The molecule has 122 valence electrons. The first-order chi connectivity index (χ1) is 11.0. The Balaban J connectivity index is 1.73. The van der Waals surface area contributed by atoms with Gasteiger partial charge in [-0.05, 0) is 36.4 Å². The van der Waals surface area contributed by atoms with Crippen LogP contribution < -0.4 is 15.4 Å². The highest BCUT2D eigenvalue weighted by atomic mass is 32.2. The first-order valence-corrected chi connectivity index (χ1v) is 8.70. The first-order valence-electron chi connectivity index (χ1n) is 7.22. The fourth-order valence-corrected chi connectivity index (χ4v) is 3.33. The van der Waals surface area contributed by atoms with Gasteiger partial charge in [-0.3, -0.25) is 4.72 Å². The normalized spacial score (nSPS) is 15.4. The highest BCUT2D eigenvalue weighted by Gasteiger charge is 2.15. The average molecular weight is 334 g/mol. The number of nitrogens with two attached hydrogens (primary N) is 1. The Bertz CT molecular complexity index is 754. The van der Waals surface area contributed by atoms with Gasteiger partial charge in [0.25, 0.3) is 10.0 Å². The minimum atomic E-state index is -3.65. The van der Waals surface area contributed by atoms with E-state index in [0.717, 1.165) is 18.9 Å². The van der Waals surface area contributed by atoms with Gasteiger partial charge < -0.3 is 15.4 Å². The van der Waals surface area contributed by atoms with Crippen molar-refractivity contribution >= 4 is 27.2 Å². The molecule has 1 aromatic heterocycles. The van der Waals surface area contributed by atoms with Crippen LogP contribution in [0.25, 0.3) is 0 Å². The van der Waals surface area contributed by atoms with E-state index >= 15 is 0 Å². The zero-order valence-corrected chi connectivity index (χ0v) is 13.3. The fourth-order valence-electron chi connectivity index (χ4n) is 2.29. The second kappa shape index (κ2) is 6.43. The molecule has 7 nitrogen and oxygen atoms in total. The van der Waals surface area contributed by atoms with Crippen LogP contribution in [0.5, 0.6) is 0 Å². The monoisotopic (exact) mass is 334 g/mol. The summed E-state index contributed by atoms with van der Waals surface area (Å²) >= 11 is 0. The van der Waals surface area contributed by atoms with Crippen molar-refractivity contribution in [2.75, 3.05) is 41.7 Å². The lowest BCUT2D eigenvalue weighted by molar-refractivity contribution is 0.122. The van der Waals surface area contributed by atoms with Crippen molar-refractivity contribution in [1.29, 1.82) is 0 Å². The number of nitrogens with one attached hydrogen (secondary N) is 1. The van der Waals surface area contributed by atoms with E-state index in [9.17, 15) is 8.42 Å². The number of nitrogens with zero attached hydrogens (tertiary/aromatic N) is 2. The molecule has 1 saturated heterocycles. The maximum atomic E-state index is 12.3. The Morgan fingerprint density at radius 1 is 1.09 bits per heavy atom. The summed E-state index contributed by atoms with van der Waals surface area (Å²) < 4.78 is 32.4. The number of hydrogen-bond acceptors (Lipinski definition) is 6. The van der Waals surface area contributed by atoms with Crippen LogP contribution in [0, 0.1) is 0 Å². The standard InChI is InChI=1S/C15H18N4O3S/c16-12-1-4-14(5-2-12)23(20,21)18-13-3-6-15(17-11-13)19-7-9-22-10-8-19/h1-6,11,18H,7-10,16H2. The molecular formula is C15H18N4O3S. The van der Waals surface area contributed by atoms with Gasteiger partial charge in [0.15, 0.2) is 0 Å². The van der Waals surface area contributed by atoms with E-state index in [1.165, 1.54) is 18.3 Å². The summed E-state index contributed by atoms with van der Waals surface area (Å²) in [6.45, 7) is 2.91. The number of pyridine rings is 1. The van der Waals surface area contributed by atoms with Gasteiger partial charge >= 0.3 is 0 Å². The minimum Gasteiger partial charge on any atom is -0.399 e. The van der Waals surface area contributed by atoms with Crippen LogP contribution in [0.3, 0.4) is 0 Å². The number of rotatable bonds is 4. The molecular weight excluding hydrogens is 316 g/mol. The van der Waals surface area contributed by atoms with Crippen LogP contribution in [-0.2, 0) is 14.8 Å². The zero-order valence-electron chi connectivity index (χ0n) is 12.5. The van der Waals surface area contributed by atoms with Crippen LogP contribution in [0.4, 0.5) is 17.2 Å². The molecule has 0 atom stereocenters. The predicted octanol–water partition coefficient (Wildman–Crippen LogP) is 1.30. The molecule has 0 radical (unpaired) electrons. The van der Waals surface area contributed by atoms with Gasteiger partial charge in [0, 0.05) is 18.8 Å². The minimum absolute atomic E-state index is 0.156. The molecule has 1 fully saturated rings. The smallest absolute Gasteiger partial charge is 0.261 e. The van der Waals surface area contributed by atoms with Crippen LogP contribution in [0.1, 0.15) is 0 Å². The lowest BCUT2D eigenvalue weighted by Gasteiger charge is -2.27. The Labute approximate surface area is 135 Å². The predicted molar refractivity (Wildman–Crippen MR) is 88.9 cm³/mol. The van der Waals surface area contributed by atoms with Crippen molar-refractivity contribution in [3.63, 3.8) is 0 Å². The van der Waals surface area contributed by atoms with Gasteiger partial charge in [0.2, 0.25) is 0 Å². The van der Waals surface area contributed by atoms with Crippen molar-refractivity contribution in [1.82, 2.24) is 4.98 Å². The van der Waals surface area contributed by atoms with E-state index in [0.29, 0.717) is 24.6 Å². The van der Waals surface area contributed by atoms with Gasteiger partial charge in [-0.2, -0.15) is 0 Å². The summed E-state index contributed by atoms with van der Waals surface area (Å²) in [4.78, 5) is 6.57. The molecule has 23 heavy (non-hydrogen) atoms. The molecule has 0 spiro atoms. The van der Waals surface area contributed by atoms with Crippen molar-refractivity contribution in [3.8, 4) is 0 Å². The summed E-state index contributed by atoms with van der Waals surface area (Å²) in [6, 6.07) is 9.53. The lowest BCUT2D eigenvalue weighted by Crippen LogP contribution is -2.36. The van der Waals surface area contributed by atoms with E-state index in [-0.39, 0.29) is 4.90 Å². The third-order valence-electron chi connectivity index (χ3n) is 3.53. The molecule has 3 rings (SSSR count). The molecule has 2 aromatic rings. The summed E-state index contributed by atoms with van der Waals surface area (Å²) in [5.74, 6) is 0.809. The topological polar surface area (TPSA) is 97.5 Å². The number of benzene rings is 1. The molecule has 3 N–H and O–H groups in total. The zero-order chi connectivity index (χ0) is 16.3. The van der Waals surface area contributed by atoms with Gasteiger partial charge in [-0.15, -0.1) is 0 Å². The summed E-state index contributed by atoms with van der Waals surface area (Å²) in [5.41, 5.74) is 6.50. The van der Waals surface area contributed by atoms with Crippen LogP contribution >= 0.6 is 0 Å². The van der Waals surface area contributed by atoms with E-state index in [1.54, 1.807) is 24.3 Å². The molecule has 0 bridgehead atoms. The quantitative estimate of drug-likeness (QED) is 0.818. The maximum absolute atomic E-state index is 12.3. The highest BCUT2D eigenvalue weighted by Crippen LogP contribution is 2.19. The van der Waals surface area contributed by atoms with E-state index in [4.69, 9.17) is 10.5 Å². The molecule has 1 aliphatic rings. The van der Waals surface area contributed by atoms with Gasteiger partial charge in [-0.25, -0.2) is 13.4 Å². The number of aromatic nitrogens is 1. The van der Waals surface area contributed by atoms with Gasteiger partial charge in [-0.1, -0.05) is 0 Å². The number of sulfonamides is 1. The van der Waals surface area contributed by atoms with Crippen molar-refractivity contribution in [2.45, 2.75) is 4.90 Å². The van der Waals surface area contributed by atoms with E-state index in [1.807, 2.05) is 0 Å². The highest BCUT2D eigenvalue weighted by molar-refractivity contribution is 7.92. The Morgan fingerprint density at radius 3 is 2.39 bits per heavy atom. The molecule has 2 heterocycles. The molecule has 0 aliphatic carbocycles. The van der Waals surface area contributed by atoms with Crippen molar-refractivity contribution < 1.29 is 13.2 Å². The fraction of sp³-hybridized carbons (Fsp3) is 0.267. The van der Waals surface area contributed by atoms with Gasteiger partial charge in [0.05, 0.1) is 30.0 Å². The Hall–Kier alpha value is -2.32. The second-order valence-electron chi connectivity index (χ2n) is 5.18. The van der Waals surface area contributed by atoms with E-state index in [2.05, 4.69) is 14.6 Å². The van der Waals surface area contributed by atoms with Crippen molar-refractivity contribution in [2.24, 2.45) is 0 Å². The number of ether oxygens (including phenoxy) is 1. The summed E-state index contributed by atoms with van der Waals surface area (Å²) in [5, 5.41) is 0. The van der Waals surface area contributed by atoms with Gasteiger partial charge in [0.1, 0.15) is 5.82 Å². The summed E-state index contributed by atoms with van der Waals surface area (Å²) in [7, 11) is -3.65. The largest absolute Gasteiger partial charge is 0.399 e. The Morgan fingerprint density at radius 2 is 1.78 bits per heavy atom. The third kappa shape index (κ3) is 3.72. The van der Waals surface area contributed by atoms with Crippen LogP contribution in [0.2, 0.25) is 0 Å². The molecule has 0 unspecified atom stereocenters. The average Bonchev–Trinajstić information content (AvgIpc) is 2.56. The Kier molecular flexibility index (Phi) is 4.35. The van der Waals surface area contributed by atoms with Crippen LogP contribution in [-0.4, -0.2) is 39.7 Å². The molecule has 8 heteroatoms. The molecule has 1 aromatic carbocycles. The third-order valence-corrected chi connectivity index (χ3v) is 4.92. The molecule has 0 saturated carbocycles. The summed E-state index contributed by atoms with van der Waals surface area (Å²) in [6.07, 6.45) is 1.51. The lowest BCUT2D eigenvalue weighted by atomic mass is 10.3. The second-order valence-corrected chi connectivity index (χ2v) is 6.86. The first kappa shape index (κ1) is 15.6. The van der Waals surface area contributed by atoms with Crippen LogP contribution in [0.15, 0.2) is 47.5 Å². The van der Waals surface area contributed by atoms with Crippen molar-refractivity contribution in [3.05, 3.63) is 42.6 Å². The van der Waals surface area contributed by atoms with E-state index < -0.39 is 10.0 Å².